The van der Waals surface area contributed by atoms with E-state index in [0.717, 1.165) is 55.0 Å². The zero-order chi connectivity index (χ0) is 25.8. The van der Waals surface area contributed by atoms with Gasteiger partial charge in [-0.05, 0) is 106 Å². The Bertz CT molecular complexity index is 1200. The van der Waals surface area contributed by atoms with Crippen LogP contribution in [-0.4, -0.2) is 29.3 Å². The molecule has 2 aromatic carbocycles. The highest BCUT2D eigenvalue weighted by molar-refractivity contribution is 5.95. The van der Waals surface area contributed by atoms with Gasteiger partial charge in [0.25, 0.3) is 0 Å². The van der Waals surface area contributed by atoms with Gasteiger partial charge in [-0.1, -0.05) is 37.5 Å². The minimum absolute atomic E-state index is 0.156. The Labute approximate surface area is 221 Å². The largest absolute Gasteiger partial charge is 0.496 e. The highest BCUT2D eigenvalue weighted by Gasteiger charge is 2.31. The average molecular weight is 500 g/mol. The van der Waals surface area contributed by atoms with Crippen LogP contribution in [0, 0.1) is 25.7 Å². The summed E-state index contributed by atoms with van der Waals surface area (Å²) in [5, 5.41) is 4.59. The van der Waals surface area contributed by atoms with Crippen molar-refractivity contribution in [3.8, 4) is 11.4 Å². The molecule has 0 aliphatic heterocycles. The Hall–Kier alpha value is -3.08. The van der Waals surface area contributed by atoms with E-state index in [4.69, 9.17) is 4.74 Å². The van der Waals surface area contributed by atoms with Gasteiger partial charge >= 0.3 is 0 Å². The molecule has 3 aromatic rings. The second-order valence-electron chi connectivity index (χ2n) is 11.2. The number of amides is 1. The van der Waals surface area contributed by atoms with Crippen molar-refractivity contribution in [2.24, 2.45) is 11.8 Å². The molecule has 0 unspecified atom stereocenters. The van der Waals surface area contributed by atoms with Crippen molar-refractivity contribution >= 4 is 11.6 Å². The Morgan fingerprint density at radius 2 is 1.76 bits per heavy atom. The van der Waals surface area contributed by atoms with Crippen molar-refractivity contribution in [3.05, 3.63) is 71.5 Å². The number of nitrogens with zero attached hydrogens (tertiary/aromatic N) is 3. The number of aryl methyl sites for hydroxylation is 2. The lowest BCUT2D eigenvalue weighted by Crippen LogP contribution is -2.41. The summed E-state index contributed by atoms with van der Waals surface area (Å²) in [7, 11) is 1.74. The standard InChI is InChI=1S/C32H41N3O2/c1-23-20-28(16-17-31(23)37-3)26-14-12-25(13-15-26)22-34(32(36)27-8-5-4-6-9-27)29-10-7-11-30(21-29)35-19-18-24(2)33-35/h7,10-11,16-21,25-27H,4-6,8-9,12-15,22H2,1-3H3/t25-,26-. The first-order chi connectivity index (χ1) is 18.0. The first-order valence-corrected chi connectivity index (χ1v) is 14.1. The summed E-state index contributed by atoms with van der Waals surface area (Å²) in [5.41, 5.74) is 5.64. The zero-order valence-corrected chi connectivity index (χ0v) is 22.7. The molecule has 1 heterocycles. The lowest BCUT2D eigenvalue weighted by Gasteiger charge is -2.35. The number of rotatable bonds is 7. The van der Waals surface area contributed by atoms with E-state index in [9.17, 15) is 4.79 Å². The summed E-state index contributed by atoms with van der Waals surface area (Å²) in [5.74, 6) is 2.56. The third-order valence-electron chi connectivity index (χ3n) is 8.53. The highest BCUT2D eigenvalue weighted by atomic mass is 16.5. The lowest BCUT2D eigenvalue weighted by molar-refractivity contribution is -0.123. The van der Waals surface area contributed by atoms with Crippen molar-refractivity contribution < 1.29 is 9.53 Å². The molecule has 0 bridgehead atoms. The Balaban J connectivity index is 1.32. The third-order valence-corrected chi connectivity index (χ3v) is 8.53. The molecule has 0 spiro atoms. The van der Waals surface area contributed by atoms with Crippen molar-refractivity contribution in [3.63, 3.8) is 0 Å². The molecule has 2 aliphatic carbocycles. The summed E-state index contributed by atoms with van der Waals surface area (Å²) >= 11 is 0. The molecule has 0 atom stereocenters. The van der Waals surface area contributed by atoms with Crippen LogP contribution >= 0.6 is 0 Å². The van der Waals surface area contributed by atoms with Crippen LogP contribution in [0.4, 0.5) is 5.69 Å². The average Bonchev–Trinajstić information content (AvgIpc) is 3.38. The van der Waals surface area contributed by atoms with E-state index in [2.05, 4.69) is 59.4 Å². The van der Waals surface area contributed by atoms with E-state index in [-0.39, 0.29) is 5.92 Å². The minimum atomic E-state index is 0.156. The van der Waals surface area contributed by atoms with Crippen molar-refractivity contribution in [2.75, 3.05) is 18.6 Å². The summed E-state index contributed by atoms with van der Waals surface area (Å²) in [6, 6.07) is 17.0. The molecule has 1 aromatic heterocycles. The van der Waals surface area contributed by atoms with E-state index < -0.39 is 0 Å². The number of aromatic nitrogens is 2. The Morgan fingerprint density at radius 1 is 0.973 bits per heavy atom. The predicted molar refractivity (Wildman–Crippen MR) is 150 cm³/mol. The summed E-state index contributed by atoms with van der Waals surface area (Å²) in [4.78, 5) is 16.0. The number of anilines is 1. The van der Waals surface area contributed by atoms with E-state index in [1.54, 1.807) is 7.11 Å². The van der Waals surface area contributed by atoms with Gasteiger partial charge in [0.05, 0.1) is 18.5 Å². The van der Waals surface area contributed by atoms with Crippen LogP contribution in [0.2, 0.25) is 0 Å². The summed E-state index contributed by atoms with van der Waals surface area (Å²) in [6.07, 6.45) is 12.3. The highest BCUT2D eigenvalue weighted by Crippen LogP contribution is 2.38. The van der Waals surface area contributed by atoms with Crippen molar-refractivity contribution in [1.29, 1.82) is 0 Å². The normalized spacial score (nSPS) is 20.5. The van der Waals surface area contributed by atoms with Gasteiger partial charge in [-0.2, -0.15) is 5.10 Å². The number of hydrogen-bond donors (Lipinski definition) is 0. The van der Waals surface area contributed by atoms with Crippen LogP contribution in [0.15, 0.2) is 54.7 Å². The first kappa shape index (κ1) is 25.6. The SMILES string of the molecule is COc1ccc([C@H]2CC[C@H](CN(C(=O)C3CCCCC3)c3cccc(-n4ccc(C)n4)c3)CC2)cc1C. The van der Waals surface area contributed by atoms with Gasteiger partial charge in [0, 0.05) is 24.3 Å². The number of ether oxygens (including phenoxy) is 1. The lowest BCUT2D eigenvalue weighted by atomic mass is 9.78. The molecule has 37 heavy (non-hydrogen) atoms. The molecule has 5 heteroatoms. The van der Waals surface area contributed by atoms with Crippen LogP contribution in [-0.2, 0) is 4.79 Å². The van der Waals surface area contributed by atoms with Gasteiger partial charge in [-0.3, -0.25) is 4.79 Å². The van der Waals surface area contributed by atoms with Crippen LogP contribution < -0.4 is 9.64 Å². The molecule has 5 nitrogen and oxygen atoms in total. The summed E-state index contributed by atoms with van der Waals surface area (Å²) in [6.45, 7) is 4.94. The van der Waals surface area contributed by atoms with Crippen LogP contribution in [0.25, 0.3) is 5.69 Å². The van der Waals surface area contributed by atoms with Crippen molar-refractivity contribution in [1.82, 2.24) is 9.78 Å². The van der Waals surface area contributed by atoms with Crippen molar-refractivity contribution in [2.45, 2.75) is 77.6 Å². The molecule has 2 fully saturated rings. The van der Waals surface area contributed by atoms with E-state index in [1.807, 2.05) is 23.9 Å². The maximum Gasteiger partial charge on any atom is 0.230 e. The molecule has 196 valence electrons. The third kappa shape index (κ3) is 5.92. The molecule has 2 aliphatic rings. The van der Waals surface area contributed by atoms with E-state index in [1.165, 1.54) is 43.2 Å². The molecular formula is C32H41N3O2. The van der Waals surface area contributed by atoms with E-state index in [0.29, 0.717) is 17.7 Å². The Morgan fingerprint density at radius 3 is 2.43 bits per heavy atom. The van der Waals surface area contributed by atoms with Gasteiger partial charge in [-0.25, -0.2) is 4.68 Å². The summed E-state index contributed by atoms with van der Waals surface area (Å²) < 4.78 is 7.36. The fourth-order valence-electron chi connectivity index (χ4n) is 6.35. The quantitative estimate of drug-likeness (QED) is 0.341. The topological polar surface area (TPSA) is 47.4 Å². The fraction of sp³-hybridized carbons (Fsp3) is 0.500. The maximum absolute atomic E-state index is 13.9. The molecule has 1 amide bonds. The zero-order valence-electron chi connectivity index (χ0n) is 22.7. The molecular weight excluding hydrogens is 458 g/mol. The number of carbonyl (C=O) groups is 1. The monoisotopic (exact) mass is 499 g/mol. The molecule has 2 saturated carbocycles. The molecule has 0 radical (unpaired) electrons. The molecule has 0 N–H and O–H groups in total. The van der Waals surface area contributed by atoms with Gasteiger partial charge in [0.15, 0.2) is 0 Å². The second kappa shape index (κ2) is 11.5. The van der Waals surface area contributed by atoms with Gasteiger partial charge < -0.3 is 9.64 Å². The van der Waals surface area contributed by atoms with Crippen LogP contribution in [0.1, 0.15) is 80.5 Å². The van der Waals surface area contributed by atoms with Gasteiger partial charge in [-0.15, -0.1) is 0 Å². The maximum atomic E-state index is 13.9. The second-order valence-corrected chi connectivity index (χ2v) is 11.2. The van der Waals surface area contributed by atoms with E-state index >= 15 is 0 Å². The number of hydrogen-bond acceptors (Lipinski definition) is 3. The number of benzene rings is 2. The molecule has 5 rings (SSSR count). The molecule has 0 saturated heterocycles. The smallest absolute Gasteiger partial charge is 0.230 e. The minimum Gasteiger partial charge on any atom is -0.496 e. The van der Waals surface area contributed by atoms with Gasteiger partial charge in [0.2, 0.25) is 5.91 Å². The van der Waals surface area contributed by atoms with Crippen LogP contribution in [0.3, 0.4) is 0 Å². The number of carbonyl (C=O) groups excluding carboxylic acids is 1. The first-order valence-electron chi connectivity index (χ1n) is 14.1. The van der Waals surface area contributed by atoms with Gasteiger partial charge in [0.1, 0.15) is 5.75 Å². The predicted octanol–water partition coefficient (Wildman–Crippen LogP) is 7.39. The Kier molecular flexibility index (Phi) is 7.97. The fourth-order valence-corrected chi connectivity index (χ4v) is 6.35. The number of methoxy groups -OCH3 is 1. The van der Waals surface area contributed by atoms with Crippen LogP contribution in [0.5, 0.6) is 5.75 Å².